The molecule has 1 amide bonds. The van der Waals surface area contributed by atoms with Gasteiger partial charge in [-0.25, -0.2) is 0 Å². The van der Waals surface area contributed by atoms with E-state index in [0.717, 1.165) is 44.2 Å². The number of amides is 1. The molecule has 0 aromatic heterocycles. The number of halogens is 1. The Kier molecular flexibility index (Phi) is 9.69. The van der Waals surface area contributed by atoms with Gasteiger partial charge in [0.2, 0.25) is 11.0 Å². The number of nitrogens with zero attached hydrogens (tertiary/aromatic N) is 1. The van der Waals surface area contributed by atoms with E-state index in [1.807, 2.05) is 29.2 Å². The van der Waals surface area contributed by atoms with Gasteiger partial charge in [-0.15, -0.1) is 12.6 Å². The van der Waals surface area contributed by atoms with Crippen LogP contribution in [0.15, 0.2) is 48.5 Å². The summed E-state index contributed by atoms with van der Waals surface area (Å²) in [5, 5.41) is 0.177. The fourth-order valence-electron chi connectivity index (χ4n) is 4.53. The number of anilines is 1. The molecule has 1 aliphatic rings. The minimum absolute atomic E-state index is 0.0310. The second-order valence-corrected chi connectivity index (χ2v) is 9.69. The minimum atomic E-state index is -0.936. The van der Waals surface area contributed by atoms with Gasteiger partial charge in [0.15, 0.2) is 6.10 Å². The Bertz CT molecular complexity index is 923. The van der Waals surface area contributed by atoms with Crippen LogP contribution in [0, 0.1) is 11.8 Å². The average molecular weight is 488 g/mol. The lowest BCUT2D eigenvalue weighted by atomic mass is 9.87. The summed E-state index contributed by atoms with van der Waals surface area (Å²) in [5.74, 6) is 1.09. The first kappa shape index (κ1) is 25.6. The quantitative estimate of drug-likeness (QED) is 0.358. The first-order valence-electron chi connectivity index (χ1n) is 12.0. The summed E-state index contributed by atoms with van der Waals surface area (Å²) in [6.07, 6.45) is 6.27. The maximum absolute atomic E-state index is 13.8. The van der Waals surface area contributed by atoms with Crippen molar-refractivity contribution in [2.24, 2.45) is 11.8 Å². The number of rotatable bonds is 10. The summed E-state index contributed by atoms with van der Waals surface area (Å²) in [5.41, 5.74) is 1.39. The zero-order valence-electron chi connectivity index (χ0n) is 19.5. The maximum Gasteiger partial charge on any atom is 0.231 e. The number of carbonyl (C=O) groups excluding carboxylic acids is 2. The molecule has 0 aliphatic heterocycles. The van der Waals surface area contributed by atoms with Crippen molar-refractivity contribution in [3.05, 3.63) is 59.1 Å². The molecule has 0 heterocycles. The number of thiol groups is 1. The summed E-state index contributed by atoms with van der Waals surface area (Å²) in [6.45, 7) is 4.95. The Labute approximate surface area is 208 Å². The Morgan fingerprint density at radius 1 is 1.03 bits per heavy atom. The van der Waals surface area contributed by atoms with Crippen LogP contribution in [0.2, 0.25) is 5.02 Å². The molecular weight excluding hydrogens is 454 g/mol. The van der Waals surface area contributed by atoms with E-state index in [9.17, 15) is 9.59 Å². The molecule has 2 aromatic rings. The second kappa shape index (κ2) is 12.5. The molecule has 178 valence electrons. The van der Waals surface area contributed by atoms with Crippen LogP contribution in [0.4, 0.5) is 5.69 Å². The number of carbonyl (C=O) groups is 2. The number of para-hydroxylation sites is 1. The van der Waals surface area contributed by atoms with Crippen LogP contribution < -0.4 is 9.64 Å². The molecule has 33 heavy (non-hydrogen) atoms. The van der Waals surface area contributed by atoms with Crippen molar-refractivity contribution in [2.45, 2.75) is 64.9 Å². The summed E-state index contributed by atoms with van der Waals surface area (Å²) in [4.78, 5) is 28.3. The van der Waals surface area contributed by atoms with Gasteiger partial charge in [-0.1, -0.05) is 75.8 Å². The molecule has 1 aliphatic carbocycles. The zero-order chi connectivity index (χ0) is 23.8. The van der Waals surface area contributed by atoms with Crippen LogP contribution in [0.25, 0.3) is 0 Å². The van der Waals surface area contributed by atoms with E-state index in [0.29, 0.717) is 28.8 Å². The molecule has 6 heteroatoms. The molecular formula is C27H34ClNO3S. The van der Waals surface area contributed by atoms with Gasteiger partial charge >= 0.3 is 0 Å². The molecule has 0 spiro atoms. The third-order valence-corrected chi connectivity index (χ3v) is 7.10. The lowest BCUT2D eigenvalue weighted by Crippen LogP contribution is -2.41. The molecule has 0 bridgehead atoms. The van der Waals surface area contributed by atoms with Crippen molar-refractivity contribution in [2.75, 3.05) is 11.4 Å². The van der Waals surface area contributed by atoms with E-state index < -0.39 is 11.2 Å². The minimum Gasteiger partial charge on any atom is -0.477 e. The number of hydrogen-bond acceptors (Lipinski definition) is 3. The fourth-order valence-corrected chi connectivity index (χ4v) is 4.85. The molecule has 4 nitrogen and oxygen atoms in total. The molecule has 0 unspecified atom stereocenters. The summed E-state index contributed by atoms with van der Waals surface area (Å²) < 4.78 is 6.07. The third kappa shape index (κ3) is 6.77. The Morgan fingerprint density at radius 2 is 1.67 bits per heavy atom. The van der Waals surface area contributed by atoms with Crippen molar-refractivity contribution in [3.8, 4) is 5.75 Å². The predicted molar refractivity (Wildman–Crippen MR) is 138 cm³/mol. The molecule has 3 rings (SSSR count). The summed E-state index contributed by atoms with van der Waals surface area (Å²) in [7, 11) is 0. The van der Waals surface area contributed by atoms with Crippen LogP contribution in [-0.4, -0.2) is 17.6 Å². The topological polar surface area (TPSA) is 46.6 Å². The summed E-state index contributed by atoms with van der Waals surface area (Å²) >= 11 is 10.1. The van der Waals surface area contributed by atoms with E-state index in [4.69, 9.17) is 16.3 Å². The van der Waals surface area contributed by atoms with Crippen LogP contribution in [0.1, 0.15) is 70.5 Å². The van der Waals surface area contributed by atoms with Gasteiger partial charge in [0.25, 0.3) is 0 Å². The van der Waals surface area contributed by atoms with Gasteiger partial charge in [0, 0.05) is 23.0 Å². The third-order valence-electron chi connectivity index (χ3n) is 6.62. The molecule has 0 saturated heterocycles. The second-order valence-electron chi connectivity index (χ2n) is 8.82. The molecule has 0 N–H and O–H groups in total. The monoisotopic (exact) mass is 487 g/mol. The van der Waals surface area contributed by atoms with Gasteiger partial charge in [-0.3, -0.25) is 9.59 Å². The lowest BCUT2D eigenvalue weighted by molar-refractivity contribution is -0.123. The van der Waals surface area contributed by atoms with E-state index in [1.54, 1.807) is 24.3 Å². The van der Waals surface area contributed by atoms with Crippen LogP contribution in [0.5, 0.6) is 5.75 Å². The molecule has 2 aromatic carbocycles. The average Bonchev–Trinajstić information content (AvgIpc) is 2.84. The number of ether oxygens (including phenoxy) is 1. The van der Waals surface area contributed by atoms with Crippen molar-refractivity contribution in [1.29, 1.82) is 0 Å². The van der Waals surface area contributed by atoms with Crippen molar-refractivity contribution in [1.82, 2.24) is 0 Å². The van der Waals surface area contributed by atoms with E-state index in [2.05, 4.69) is 26.5 Å². The Morgan fingerprint density at radius 3 is 2.27 bits per heavy atom. The first-order valence-corrected chi connectivity index (χ1v) is 12.8. The molecule has 1 atom stereocenters. The van der Waals surface area contributed by atoms with E-state index in [-0.39, 0.29) is 11.8 Å². The number of hydrogen-bond donors (Lipinski definition) is 1. The largest absolute Gasteiger partial charge is 0.477 e. The number of benzene rings is 2. The molecule has 0 radical (unpaired) electrons. The highest BCUT2D eigenvalue weighted by atomic mass is 35.5. The molecule has 1 fully saturated rings. The smallest absolute Gasteiger partial charge is 0.231 e. The van der Waals surface area contributed by atoms with E-state index >= 15 is 0 Å². The van der Waals surface area contributed by atoms with Crippen LogP contribution in [0.3, 0.4) is 0 Å². The van der Waals surface area contributed by atoms with Gasteiger partial charge in [0.1, 0.15) is 5.75 Å². The SMILES string of the molecule is CCC(CC)CN(C(=O)C1CCCCC1)c1ccccc1[C@H](Oc1ccc(Cl)cc1)C(=O)S. The maximum atomic E-state index is 13.8. The van der Waals surface area contributed by atoms with Crippen LogP contribution in [-0.2, 0) is 9.59 Å². The van der Waals surface area contributed by atoms with Gasteiger partial charge < -0.3 is 9.64 Å². The van der Waals surface area contributed by atoms with Crippen LogP contribution >= 0.6 is 24.2 Å². The highest BCUT2D eigenvalue weighted by Crippen LogP contribution is 2.35. The highest BCUT2D eigenvalue weighted by molar-refractivity contribution is 7.96. The van der Waals surface area contributed by atoms with E-state index in [1.165, 1.54) is 6.42 Å². The Hall–Kier alpha value is -1.98. The first-order chi connectivity index (χ1) is 15.9. The predicted octanol–water partition coefficient (Wildman–Crippen LogP) is 7.27. The summed E-state index contributed by atoms with van der Waals surface area (Å²) in [6, 6.07) is 14.5. The highest BCUT2D eigenvalue weighted by Gasteiger charge is 2.32. The Balaban J connectivity index is 2.00. The van der Waals surface area contributed by atoms with Crippen molar-refractivity contribution in [3.63, 3.8) is 0 Å². The fraction of sp³-hybridized carbons (Fsp3) is 0.481. The normalized spacial score (nSPS) is 15.3. The zero-order valence-corrected chi connectivity index (χ0v) is 21.2. The lowest BCUT2D eigenvalue weighted by Gasteiger charge is -2.34. The standard InChI is InChI=1S/C27H34ClNO3S/c1-3-19(4-2)18-29(26(30)20-10-6-5-7-11-20)24-13-9-8-12-23(24)25(27(31)33)32-22-16-14-21(28)15-17-22/h8-9,12-17,19-20,25H,3-7,10-11,18H2,1-2H3,(H,31,33)/t25-/m0/s1. The van der Waals surface area contributed by atoms with Gasteiger partial charge in [0.05, 0.1) is 5.69 Å². The molecule has 1 saturated carbocycles. The van der Waals surface area contributed by atoms with Crippen molar-refractivity contribution < 1.29 is 14.3 Å². The van der Waals surface area contributed by atoms with Gasteiger partial charge in [-0.2, -0.15) is 0 Å². The van der Waals surface area contributed by atoms with Gasteiger partial charge in [-0.05, 0) is 49.1 Å². The van der Waals surface area contributed by atoms with Crippen molar-refractivity contribution >= 4 is 40.9 Å².